The van der Waals surface area contributed by atoms with Gasteiger partial charge in [0, 0.05) is 32.0 Å². The zero-order chi connectivity index (χ0) is 12.6. The topological polar surface area (TPSA) is 54.2 Å². The lowest BCUT2D eigenvalue weighted by atomic mass is 9.97. The molecule has 0 atom stereocenters. The van der Waals surface area contributed by atoms with Gasteiger partial charge in [0.1, 0.15) is 0 Å². The van der Waals surface area contributed by atoms with Crippen LogP contribution in [0.4, 0.5) is 0 Å². The van der Waals surface area contributed by atoms with Gasteiger partial charge < -0.3 is 16.0 Å². The van der Waals surface area contributed by atoms with Crippen molar-refractivity contribution in [2.45, 2.75) is 19.4 Å². The van der Waals surface area contributed by atoms with Crippen LogP contribution in [0.25, 0.3) is 0 Å². The molecule has 100 valence electrons. The molecule has 0 radical (unpaired) electrons. The zero-order valence-electron chi connectivity index (χ0n) is 11.0. The summed E-state index contributed by atoms with van der Waals surface area (Å²) >= 11 is 0. The van der Waals surface area contributed by atoms with Crippen LogP contribution in [0, 0.1) is 5.92 Å². The first-order chi connectivity index (χ1) is 8.88. The van der Waals surface area contributed by atoms with Crippen molar-refractivity contribution in [2.75, 3.05) is 32.7 Å². The molecule has 4 heteroatoms. The number of pyridine rings is 1. The van der Waals surface area contributed by atoms with Crippen LogP contribution in [0.2, 0.25) is 0 Å². The van der Waals surface area contributed by atoms with Crippen LogP contribution in [-0.2, 0) is 6.54 Å². The fraction of sp³-hybridized carbons (Fsp3) is 0.643. The number of nitrogens with zero attached hydrogens (tertiary/aromatic N) is 2. The van der Waals surface area contributed by atoms with Crippen LogP contribution in [0.5, 0.6) is 0 Å². The Labute approximate surface area is 110 Å². The smallest absolute Gasteiger partial charge is 0.0312 e. The molecule has 0 aromatic carbocycles. The second kappa shape index (κ2) is 7.46. The number of rotatable bonds is 6. The molecule has 1 fully saturated rings. The molecular formula is C14H24N4. The number of nitrogens with one attached hydrogen (secondary N) is 1. The first kappa shape index (κ1) is 13.5. The van der Waals surface area contributed by atoms with Gasteiger partial charge in [0.2, 0.25) is 0 Å². The maximum absolute atomic E-state index is 5.58. The maximum atomic E-state index is 5.58. The standard InChI is InChI=1S/C14H24N4/c15-5-9-18-7-3-13(4-8-18)10-17-12-14-2-1-6-16-11-14/h1-2,6,11,13,17H,3-5,7-10,12,15H2. The molecule has 0 amide bonds. The average molecular weight is 248 g/mol. The van der Waals surface area contributed by atoms with E-state index in [9.17, 15) is 0 Å². The molecule has 2 heterocycles. The minimum atomic E-state index is 0.782. The molecule has 1 aliphatic rings. The second-order valence-corrected chi connectivity index (χ2v) is 5.07. The average Bonchev–Trinajstić information content (AvgIpc) is 2.42. The summed E-state index contributed by atoms with van der Waals surface area (Å²) in [6.45, 7) is 6.29. The van der Waals surface area contributed by atoms with Gasteiger partial charge in [-0.25, -0.2) is 0 Å². The quantitative estimate of drug-likeness (QED) is 0.783. The van der Waals surface area contributed by atoms with Gasteiger partial charge in [-0.15, -0.1) is 0 Å². The monoisotopic (exact) mass is 248 g/mol. The lowest BCUT2D eigenvalue weighted by molar-refractivity contribution is 0.186. The third-order valence-electron chi connectivity index (χ3n) is 3.64. The van der Waals surface area contributed by atoms with Crippen molar-refractivity contribution < 1.29 is 0 Å². The summed E-state index contributed by atoms with van der Waals surface area (Å²) < 4.78 is 0. The Balaban J connectivity index is 1.61. The van der Waals surface area contributed by atoms with Crippen LogP contribution >= 0.6 is 0 Å². The normalized spacial score (nSPS) is 18.1. The van der Waals surface area contributed by atoms with E-state index >= 15 is 0 Å². The molecular weight excluding hydrogens is 224 g/mol. The highest BCUT2D eigenvalue weighted by Gasteiger charge is 2.17. The van der Waals surface area contributed by atoms with Crippen LogP contribution in [0.1, 0.15) is 18.4 Å². The molecule has 0 aliphatic carbocycles. The van der Waals surface area contributed by atoms with Crippen LogP contribution in [0.15, 0.2) is 24.5 Å². The molecule has 1 aromatic heterocycles. The predicted octanol–water partition coefficient (Wildman–Crippen LogP) is 0.842. The molecule has 2 rings (SSSR count). The van der Waals surface area contributed by atoms with Crippen molar-refractivity contribution in [2.24, 2.45) is 11.7 Å². The van der Waals surface area contributed by atoms with Crippen molar-refractivity contribution in [1.29, 1.82) is 0 Å². The number of hydrogen-bond donors (Lipinski definition) is 2. The van der Waals surface area contributed by atoms with Gasteiger partial charge in [0.05, 0.1) is 0 Å². The van der Waals surface area contributed by atoms with E-state index in [0.717, 1.165) is 32.1 Å². The van der Waals surface area contributed by atoms with Crippen LogP contribution < -0.4 is 11.1 Å². The molecule has 0 bridgehead atoms. The molecule has 4 nitrogen and oxygen atoms in total. The van der Waals surface area contributed by atoms with E-state index in [0.29, 0.717) is 0 Å². The summed E-state index contributed by atoms with van der Waals surface area (Å²) in [5.74, 6) is 0.815. The summed E-state index contributed by atoms with van der Waals surface area (Å²) in [4.78, 5) is 6.59. The highest BCUT2D eigenvalue weighted by atomic mass is 15.1. The summed E-state index contributed by atoms with van der Waals surface area (Å²) in [5.41, 5.74) is 6.84. The molecule has 3 N–H and O–H groups in total. The molecule has 1 aliphatic heterocycles. The van der Waals surface area contributed by atoms with E-state index in [-0.39, 0.29) is 0 Å². The van der Waals surface area contributed by atoms with Gasteiger partial charge in [0.25, 0.3) is 0 Å². The van der Waals surface area contributed by atoms with Gasteiger partial charge in [-0.2, -0.15) is 0 Å². The van der Waals surface area contributed by atoms with Crippen molar-refractivity contribution in [3.05, 3.63) is 30.1 Å². The number of likely N-dealkylation sites (tertiary alicyclic amines) is 1. The molecule has 0 spiro atoms. The fourth-order valence-corrected chi connectivity index (χ4v) is 2.52. The van der Waals surface area contributed by atoms with Crippen LogP contribution in [-0.4, -0.2) is 42.6 Å². The third-order valence-corrected chi connectivity index (χ3v) is 3.64. The minimum Gasteiger partial charge on any atom is -0.329 e. The van der Waals surface area contributed by atoms with Gasteiger partial charge in [-0.1, -0.05) is 6.07 Å². The Morgan fingerprint density at radius 1 is 1.39 bits per heavy atom. The highest BCUT2D eigenvalue weighted by Crippen LogP contribution is 2.15. The number of nitrogens with two attached hydrogens (primary N) is 1. The SMILES string of the molecule is NCCN1CCC(CNCc2cccnc2)CC1. The van der Waals surface area contributed by atoms with Crippen molar-refractivity contribution in [3.63, 3.8) is 0 Å². The van der Waals surface area contributed by atoms with E-state index in [4.69, 9.17) is 5.73 Å². The largest absolute Gasteiger partial charge is 0.329 e. The Bertz CT molecular complexity index is 320. The summed E-state index contributed by atoms with van der Waals surface area (Å²) in [7, 11) is 0. The zero-order valence-corrected chi connectivity index (χ0v) is 11.0. The first-order valence-corrected chi connectivity index (χ1v) is 6.90. The van der Waals surface area contributed by atoms with Crippen molar-refractivity contribution in [3.8, 4) is 0 Å². The van der Waals surface area contributed by atoms with E-state index in [1.165, 1.54) is 31.5 Å². The number of piperidine rings is 1. The maximum Gasteiger partial charge on any atom is 0.0312 e. The van der Waals surface area contributed by atoms with Gasteiger partial charge in [0.15, 0.2) is 0 Å². The molecule has 0 unspecified atom stereocenters. The summed E-state index contributed by atoms with van der Waals surface area (Å²) in [5, 5.41) is 3.54. The number of aromatic nitrogens is 1. The van der Waals surface area contributed by atoms with E-state index in [1.807, 2.05) is 18.5 Å². The third kappa shape index (κ3) is 4.37. The van der Waals surface area contributed by atoms with Gasteiger partial charge >= 0.3 is 0 Å². The predicted molar refractivity (Wildman–Crippen MR) is 74.2 cm³/mol. The molecule has 1 aromatic rings. The Morgan fingerprint density at radius 2 is 2.22 bits per heavy atom. The highest BCUT2D eigenvalue weighted by molar-refractivity contribution is 5.07. The number of hydrogen-bond acceptors (Lipinski definition) is 4. The molecule has 0 saturated carbocycles. The Hall–Kier alpha value is -0.970. The van der Waals surface area contributed by atoms with Gasteiger partial charge in [-0.3, -0.25) is 4.98 Å². The van der Waals surface area contributed by atoms with Crippen LogP contribution in [0.3, 0.4) is 0 Å². The summed E-state index contributed by atoms with van der Waals surface area (Å²) in [6, 6.07) is 4.10. The molecule has 1 saturated heterocycles. The molecule has 18 heavy (non-hydrogen) atoms. The Kier molecular flexibility index (Phi) is 5.58. The van der Waals surface area contributed by atoms with Crippen molar-refractivity contribution >= 4 is 0 Å². The van der Waals surface area contributed by atoms with E-state index < -0.39 is 0 Å². The summed E-state index contributed by atoms with van der Waals surface area (Å²) in [6.07, 6.45) is 6.33. The van der Waals surface area contributed by atoms with E-state index in [2.05, 4.69) is 21.3 Å². The second-order valence-electron chi connectivity index (χ2n) is 5.07. The minimum absolute atomic E-state index is 0.782. The van der Waals surface area contributed by atoms with Gasteiger partial charge in [-0.05, 0) is 50.0 Å². The Morgan fingerprint density at radius 3 is 2.89 bits per heavy atom. The lowest BCUT2D eigenvalue weighted by Gasteiger charge is -2.31. The first-order valence-electron chi connectivity index (χ1n) is 6.90. The van der Waals surface area contributed by atoms with Crippen molar-refractivity contribution in [1.82, 2.24) is 15.2 Å². The van der Waals surface area contributed by atoms with E-state index in [1.54, 1.807) is 0 Å². The fourth-order valence-electron chi connectivity index (χ4n) is 2.52. The lowest BCUT2D eigenvalue weighted by Crippen LogP contribution is -2.39.